The Kier molecular flexibility index (Phi) is 3.05. The normalized spacial score (nSPS) is 15.2. The van der Waals surface area contributed by atoms with E-state index in [2.05, 4.69) is 15.3 Å². The van der Waals surface area contributed by atoms with Gasteiger partial charge in [0.2, 0.25) is 5.82 Å². The van der Waals surface area contributed by atoms with Crippen LogP contribution in [-0.2, 0) is 0 Å². The molecule has 0 spiro atoms. The quantitative estimate of drug-likeness (QED) is 0.574. The molecule has 92 valence electrons. The Morgan fingerprint density at radius 2 is 2.29 bits per heavy atom. The molecule has 1 aromatic rings. The Morgan fingerprint density at radius 3 is 2.76 bits per heavy atom. The lowest BCUT2D eigenvalue weighted by Gasteiger charge is -2.35. The molecule has 2 rings (SSSR count). The van der Waals surface area contributed by atoms with E-state index in [4.69, 9.17) is 4.74 Å². The van der Waals surface area contributed by atoms with E-state index in [0.29, 0.717) is 0 Å². The molecule has 1 aliphatic heterocycles. The molecule has 0 amide bonds. The zero-order valence-corrected chi connectivity index (χ0v) is 9.58. The molecule has 1 fully saturated rings. The average molecular weight is 239 g/mol. The summed E-state index contributed by atoms with van der Waals surface area (Å²) < 4.78 is 4.89. The molecule has 0 aromatic carbocycles. The van der Waals surface area contributed by atoms with Gasteiger partial charge in [0, 0.05) is 20.1 Å². The van der Waals surface area contributed by atoms with Gasteiger partial charge in [0.1, 0.15) is 6.33 Å². The Balaban J connectivity index is 2.40. The van der Waals surface area contributed by atoms with Crippen molar-refractivity contribution >= 4 is 11.5 Å². The molecule has 1 aromatic heterocycles. The number of hydrogen-bond acceptors (Lipinski definition) is 7. The molecule has 8 nitrogen and oxygen atoms in total. The van der Waals surface area contributed by atoms with Crippen LogP contribution in [-0.4, -0.2) is 48.2 Å². The predicted molar refractivity (Wildman–Crippen MR) is 60.3 cm³/mol. The molecule has 0 aliphatic carbocycles. The van der Waals surface area contributed by atoms with Crippen molar-refractivity contribution in [2.24, 2.45) is 0 Å². The first kappa shape index (κ1) is 11.5. The first-order valence-corrected chi connectivity index (χ1v) is 5.12. The summed E-state index contributed by atoms with van der Waals surface area (Å²) in [7, 11) is 3.13. The van der Waals surface area contributed by atoms with Crippen molar-refractivity contribution in [1.29, 1.82) is 0 Å². The van der Waals surface area contributed by atoms with E-state index in [0.717, 1.165) is 13.1 Å². The number of aromatic nitrogens is 2. The van der Waals surface area contributed by atoms with Gasteiger partial charge < -0.3 is 15.0 Å². The van der Waals surface area contributed by atoms with Crippen LogP contribution in [0.4, 0.5) is 11.5 Å². The largest absolute Gasteiger partial charge is 0.476 e. The fourth-order valence-electron chi connectivity index (χ4n) is 1.64. The van der Waals surface area contributed by atoms with Crippen LogP contribution in [0.1, 0.15) is 0 Å². The van der Waals surface area contributed by atoms with Crippen LogP contribution < -0.4 is 15.0 Å². The molecule has 0 atom stereocenters. The smallest absolute Gasteiger partial charge is 0.372 e. The first-order valence-electron chi connectivity index (χ1n) is 5.12. The zero-order valence-electron chi connectivity index (χ0n) is 9.58. The number of ether oxygens (including phenoxy) is 1. The van der Waals surface area contributed by atoms with Crippen molar-refractivity contribution in [1.82, 2.24) is 15.3 Å². The molecule has 0 bridgehead atoms. The number of rotatable bonds is 4. The Morgan fingerprint density at radius 1 is 1.59 bits per heavy atom. The van der Waals surface area contributed by atoms with Crippen LogP contribution >= 0.6 is 0 Å². The first-order chi connectivity index (χ1) is 8.15. The molecule has 17 heavy (non-hydrogen) atoms. The van der Waals surface area contributed by atoms with Crippen molar-refractivity contribution in [3.63, 3.8) is 0 Å². The lowest BCUT2D eigenvalue weighted by molar-refractivity contribution is -0.385. The van der Waals surface area contributed by atoms with Crippen molar-refractivity contribution < 1.29 is 9.66 Å². The monoisotopic (exact) mass is 239 g/mol. The topological polar surface area (TPSA) is 93.4 Å². The maximum absolute atomic E-state index is 11.0. The van der Waals surface area contributed by atoms with Crippen LogP contribution in [0.15, 0.2) is 6.33 Å². The highest BCUT2D eigenvalue weighted by atomic mass is 16.6. The minimum atomic E-state index is -0.517. The number of nitrogens with one attached hydrogen (secondary N) is 1. The van der Waals surface area contributed by atoms with E-state index in [9.17, 15) is 10.1 Å². The molecule has 0 radical (unpaired) electrons. The van der Waals surface area contributed by atoms with Gasteiger partial charge in [-0.3, -0.25) is 10.1 Å². The highest BCUT2D eigenvalue weighted by molar-refractivity contribution is 5.63. The lowest BCUT2D eigenvalue weighted by Crippen LogP contribution is -2.56. The summed E-state index contributed by atoms with van der Waals surface area (Å²) in [5.41, 5.74) is -0.190. The van der Waals surface area contributed by atoms with Gasteiger partial charge in [-0.25, -0.2) is 4.98 Å². The minimum absolute atomic E-state index is 0.0147. The summed E-state index contributed by atoms with van der Waals surface area (Å²) in [6, 6.07) is 0.216. The molecule has 0 saturated carbocycles. The van der Waals surface area contributed by atoms with E-state index in [1.54, 1.807) is 11.9 Å². The van der Waals surface area contributed by atoms with E-state index in [1.165, 1.54) is 13.4 Å². The van der Waals surface area contributed by atoms with Gasteiger partial charge in [-0.15, -0.1) is 0 Å². The lowest BCUT2D eigenvalue weighted by atomic mass is 10.1. The maximum Gasteiger partial charge on any atom is 0.372 e. The SMILES string of the molecule is COc1ncnc(N(C)C2CNC2)c1[N+](=O)[O-]. The van der Waals surface area contributed by atoms with E-state index in [-0.39, 0.29) is 23.4 Å². The van der Waals surface area contributed by atoms with Gasteiger partial charge in [-0.05, 0) is 0 Å². The molecule has 1 saturated heterocycles. The Bertz CT molecular complexity index is 435. The van der Waals surface area contributed by atoms with Crippen LogP contribution in [0.3, 0.4) is 0 Å². The van der Waals surface area contributed by atoms with Crippen LogP contribution in [0, 0.1) is 10.1 Å². The number of methoxy groups -OCH3 is 1. The van der Waals surface area contributed by atoms with Gasteiger partial charge in [-0.2, -0.15) is 4.98 Å². The Labute approximate surface area is 97.8 Å². The molecular weight excluding hydrogens is 226 g/mol. The second-order valence-corrected chi connectivity index (χ2v) is 3.74. The fourth-order valence-corrected chi connectivity index (χ4v) is 1.64. The highest BCUT2D eigenvalue weighted by Gasteiger charge is 2.31. The number of anilines is 1. The molecule has 1 aliphatic rings. The molecule has 0 unspecified atom stereocenters. The predicted octanol–water partition coefficient (Wildman–Crippen LogP) is -0.199. The van der Waals surface area contributed by atoms with Gasteiger partial charge in [0.05, 0.1) is 18.1 Å². The van der Waals surface area contributed by atoms with Gasteiger partial charge in [-0.1, -0.05) is 0 Å². The molecule has 2 heterocycles. The number of nitrogens with zero attached hydrogens (tertiary/aromatic N) is 4. The van der Waals surface area contributed by atoms with Crippen LogP contribution in [0.2, 0.25) is 0 Å². The summed E-state index contributed by atoms with van der Waals surface area (Å²) in [5, 5.41) is 14.1. The van der Waals surface area contributed by atoms with Crippen LogP contribution in [0.25, 0.3) is 0 Å². The van der Waals surface area contributed by atoms with Crippen molar-refractivity contribution in [3.05, 3.63) is 16.4 Å². The van der Waals surface area contributed by atoms with Crippen molar-refractivity contribution in [3.8, 4) is 5.88 Å². The number of likely N-dealkylation sites (N-methyl/N-ethyl adjacent to an activating group) is 1. The molecule has 8 heteroatoms. The maximum atomic E-state index is 11.0. The summed E-state index contributed by atoms with van der Waals surface area (Å²) >= 11 is 0. The molecule has 1 N–H and O–H groups in total. The van der Waals surface area contributed by atoms with Gasteiger partial charge >= 0.3 is 5.69 Å². The summed E-state index contributed by atoms with van der Waals surface area (Å²) in [6.45, 7) is 1.58. The van der Waals surface area contributed by atoms with Crippen molar-refractivity contribution in [2.75, 3.05) is 32.1 Å². The third kappa shape index (κ3) is 1.98. The van der Waals surface area contributed by atoms with E-state index in [1.807, 2.05) is 0 Å². The standard InChI is InChI=1S/C9H13N5O3/c1-13(6-3-10-4-6)8-7(14(15)16)9(17-2)12-5-11-8/h5-6,10H,3-4H2,1-2H3. The second-order valence-electron chi connectivity index (χ2n) is 3.74. The third-order valence-electron chi connectivity index (χ3n) is 2.79. The van der Waals surface area contributed by atoms with E-state index < -0.39 is 4.92 Å². The highest BCUT2D eigenvalue weighted by Crippen LogP contribution is 2.33. The average Bonchev–Trinajstić information content (AvgIpc) is 2.25. The zero-order chi connectivity index (χ0) is 12.4. The Hall–Kier alpha value is -1.96. The fraction of sp³-hybridized carbons (Fsp3) is 0.556. The second kappa shape index (κ2) is 4.50. The third-order valence-corrected chi connectivity index (χ3v) is 2.79. The van der Waals surface area contributed by atoms with Crippen molar-refractivity contribution in [2.45, 2.75) is 6.04 Å². The van der Waals surface area contributed by atoms with Crippen LogP contribution in [0.5, 0.6) is 5.88 Å². The van der Waals surface area contributed by atoms with Gasteiger partial charge in [0.15, 0.2) is 0 Å². The number of nitro groups is 1. The minimum Gasteiger partial charge on any atom is -0.476 e. The summed E-state index contributed by atoms with van der Waals surface area (Å²) in [6.07, 6.45) is 1.27. The molecular formula is C9H13N5O3. The summed E-state index contributed by atoms with van der Waals surface area (Å²) in [4.78, 5) is 20.0. The van der Waals surface area contributed by atoms with E-state index >= 15 is 0 Å². The van der Waals surface area contributed by atoms with Gasteiger partial charge in [0.25, 0.3) is 5.88 Å². The summed E-state index contributed by atoms with van der Waals surface area (Å²) in [5.74, 6) is 0.271. The number of hydrogen-bond donors (Lipinski definition) is 1.